The van der Waals surface area contributed by atoms with E-state index in [-0.39, 0.29) is 17.0 Å². The fraction of sp³-hybridized carbons (Fsp3) is 0.0435. The molecule has 8 heteroatoms. The molecule has 1 aliphatic heterocycles. The minimum Gasteiger partial charge on any atom is -0.507 e. The van der Waals surface area contributed by atoms with Gasteiger partial charge in [0.05, 0.1) is 16.5 Å². The molecule has 3 aromatic rings. The number of aliphatic hydroxyl groups excluding tert-OH is 1. The summed E-state index contributed by atoms with van der Waals surface area (Å²) in [5.74, 6) is -1.98. The number of hydrogen-bond donors (Lipinski definition) is 1. The van der Waals surface area contributed by atoms with E-state index in [1.165, 1.54) is 29.2 Å². The second-order valence-electron chi connectivity index (χ2n) is 6.86. The molecule has 7 nitrogen and oxygen atoms in total. The summed E-state index contributed by atoms with van der Waals surface area (Å²) in [6.07, 6.45) is 0. The van der Waals surface area contributed by atoms with Gasteiger partial charge in [0.2, 0.25) is 0 Å². The highest BCUT2D eigenvalue weighted by atomic mass is 35.5. The van der Waals surface area contributed by atoms with Crippen molar-refractivity contribution < 1.29 is 19.6 Å². The van der Waals surface area contributed by atoms with Gasteiger partial charge in [0.1, 0.15) is 5.76 Å². The predicted molar refractivity (Wildman–Crippen MR) is 116 cm³/mol. The van der Waals surface area contributed by atoms with Crippen molar-refractivity contribution in [3.63, 3.8) is 0 Å². The van der Waals surface area contributed by atoms with Gasteiger partial charge in [0.25, 0.3) is 17.4 Å². The maximum atomic E-state index is 13.0. The van der Waals surface area contributed by atoms with Crippen LogP contribution in [0.15, 0.2) is 84.4 Å². The van der Waals surface area contributed by atoms with Crippen LogP contribution in [0.4, 0.5) is 11.4 Å². The average molecular weight is 435 g/mol. The minimum absolute atomic E-state index is 0.0972. The third kappa shape index (κ3) is 3.67. The molecule has 4 rings (SSSR count). The first-order valence-electron chi connectivity index (χ1n) is 9.25. The SMILES string of the molecule is O=C1C(=O)N(c2ccc(Cl)cc2)[C@@H](c2ccc([N+](=O)[O-])cc2)C1=C(O)c1ccccc1. The molecule has 1 amide bonds. The Morgan fingerprint density at radius 3 is 2.13 bits per heavy atom. The van der Waals surface area contributed by atoms with Crippen molar-refractivity contribution >= 4 is 40.4 Å². The van der Waals surface area contributed by atoms with E-state index < -0.39 is 22.7 Å². The standard InChI is InChI=1S/C23H15ClN2O5/c24-16-8-12-17(13-9-16)25-20(14-6-10-18(11-7-14)26(30)31)19(22(28)23(25)29)21(27)15-4-2-1-3-5-15/h1-13,20,27H/t20-/m0/s1. The number of ketones is 1. The van der Waals surface area contributed by atoms with E-state index in [1.54, 1.807) is 54.6 Å². The molecular formula is C23H15ClN2O5. The van der Waals surface area contributed by atoms with E-state index in [4.69, 9.17) is 11.6 Å². The van der Waals surface area contributed by atoms with Crippen molar-refractivity contribution in [2.24, 2.45) is 0 Å². The van der Waals surface area contributed by atoms with Crippen LogP contribution in [0.5, 0.6) is 0 Å². The van der Waals surface area contributed by atoms with Crippen molar-refractivity contribution in [3.8, 4) is 0 Å². The molecule has 1 saturated heterocycles. The Labute approximate surface area is 182 Å². The zero-order valence-electron chi connectivity index (χ0n) is 15.9. The Balaban J connectivity index is 1.93. The molecule has 1 N–H and O–H groups in total. The average Bonchev–Trinajstić information content (AvgIpc) is 3.05. The van der Waals surface area contributed by atoms with Crippen molar-refractivity contribution in [1.29, 1.82) is 0 Å². The molecule has 0 saturated carbocycles. The molecule has 1 fully saturated rings. The number of benzene rings is 3. The van der Waals surface area contributed by atoms with Gasteiger partial charge in [-0.2, -0.15) is 0 Å². The lowest BCUT2D eigenvalue weighted by Crippen LogP contribution is -2.29. The van der Waals surface area contributed by atoms with E-state index in [2.05, 4.69) is 0 Å². The van der Waals surface area contributed by atoms with Crippen molar-refractivity contribution in [3.05, 3.63) is 111 Å². The van der Waals surface area contributed by atoms with Gasteiger partial charge in [-0.1, -0.05) is 41.9 Å². The highest BCUT2D eigenvalue weighted by Gasteiger charge is 2.47. The number of nitro groups is 1. The zero-order valence-corrected chi connectivity index (χ0v) is 16.7. The molecule has 0 spiro atoms. The summed E-state index contributed by atoms with van der Waals surface area (Å²) in [6.45, 7) is 0. The number of Topliss-reactive ketones (excluding diaryl/α,β-unsaturated/α-hetero) is 1. The van der Waals surface area contributed by atoms with Gasteiger partial charge in [-0.25, -0.2) is 0 Å². The number of nitro benzene ring substituents is 1. The molecule has 1 aliphatic rings. The van der Waals surface area contributed by atoms with Crippen LogP contribution in [-0.4, -0.2) is 21.7 Å². The first-order valence-corrected chi connectivity index (χ1v) is 9.62. The van der Waals surface area contributed by atoms with Crippen LogP contribution in [-0.2, 0) is 9.59 Å². The number of amides is 1. The second kappa shape index (κ2) is 8.04. The summed E-state index contributed by atoms with van der Waals surface area (Å²) in [5, 5.41) is 22.4. The van der Waals surface area contributed by atoms with Gasteiger partial charge in [0, 0.05) is 28.4 Å². The molecule has 1 atom stereocenters. The van der Waals surface area contributed by atoms with Crippen LogP contribution in [0.25, 0.3) is 5.76 Å². The van der Waals surface area contributed by atoms with Crippen molar-refractivity contribution in [2.75, 3.05) is 4.90 Å². The third-order valence-corrected chi connectivity index (χ3v) is 5.27. The summed E-state index contributed by atoms with van der Waals surface area (Å²) in [7, 11) is 0. The number of carbonyl (C=O) groups is 2. The van der Waals surface area contributed by atoms with Crippen LogP contribution in [0, 0.1) is 10.1 Å². The maximum absolute atomic E-state index is 13.0. The molecule has 0 radical (unpaired) electrons. The first kappa shape index (κ1) is 20.3. The van der Waals surface area contributed by atoms with Crippen LogP contribution in [0.2, 0.25) is 5.02 Å². The molecule has 0 aliphatic carbocycles. The largest absolute Gasteiger partial charge is 0.507 e. The molecule has 3 aromatic carbocycles. The highest BCUT2D eigenvalue weighted by Crippen LogP contribution is 2.42. The normalized spacial score (nSPS) is 17.7. The van der Waals surface area contributed by atoms with Gasteiger partial charge in [-0.05, 0) is 42.0 Å². The summed E-state index contributed by atoms with van der Waals surface area (Å²) >= 11 is 5.96. The van der Waals surface area contributed by atoms with E-state index in [0.29, 0.717) is 21.8 Å². The lowest BCUT2D eigenvalue weighted by molar-refractivity contribution is -0.384. The molecule has 0 aromatic heterocycles. The quantitative estimate of drug-likeness (QED) is 0.207. The fourth-order valence-corrected chi connectivity index (χ4v) is 3.67. The lowest BCUT2D eigenvalue weighted by atomic mass is 9.95. The Bertz CT molecular complexity index is 1200. The Morgan fingerprint density at radius 1 is 0.935 bits per heavy atom. The molecule has 0 bridgehead atoms. The summed E-state index contributed by atoms with van der Waals surface area (Å²) in [6, 6.07) is 19.3. The number of anilines is 1. The topological polar surface area (TPSA) is 101 Å². The summed E-state index contributed by atoms with van der Waals surface area (Å²) in [4.78, 5) is 37.7. The Kier molecular flexibility index (Phi) is 5.27. The van der Waals surface area contributed by atoms with Crippen LogP contribution >= 0.6 is 11.6 Å². The number of halogens is 1. The van der Waals surface area contributed by atoms with Gasteiger partial charge >= 0.3 is 0 Å². The zero-order chi connectivity index (χ0) is 22.1. The third-order valence-electron chi connectivity index (χ3n) is 5.02. The summed E-state index contributed by atoms with van der Waals surface area (Å²) in [5.41, 5.74) is 0.998. The number of carbonyl (C=O) groups excluding carboxylic acids is 2. The molecule has 154 valence electrons. The minimum atomic E-state index is -0.970. The van der Waals surface area contributed by atoms with E-state index in [9.17, 15) is 24.8 Å². The van der Waals surface area contributed by atoms with Gasteiger partial charge in [-0.15, -0.1) is 0 Å². The highest BCUT2D eigenvalue weighted by molar-refractivity contribution is 6.51. The Hall–Kier alpha value is -3.97. The van der Waals surface area contributed by atoms with Crippen molar-refractivity contribution in [1.82, 2.24) is 0 Å². The van der Waals surface area contributed by atoms with Crippen LogP contribution in [0.1, 0.15) is 17.2 Å². The summed E-state index contributed by atoms with van der Waals surface area (Å²) < 4.78 is 0. The van der Waals surface area contributed by atoms with Gasteiger partial charge in [-0.3, -0.25) is 24.6 Å². The number of non-ortho nitro benzene ring substituents is 1. The smallest absolute Gasteiger partial charge is 0.300 e. The van der Waals surface area contributed by atoms with Gasteiger partial charge in [0.15, 0.2) is 0 Å². The Morgan fingerprint density at radius 2 is 1.55 bits per heavy atom. The second-order valence-corrected chi connectivity index (χ2v) is 7.30. The molecular weight excluding hydrogens is 420 g/mol. The van der Waals surface area contributed by atoms with E-state index in [0.717, 1.165) is 0 Å². The predicted octanol–water partition coefficient (Wildman–Crippen LogP) is 4.87. The first-order chi connectivity index (χ1) is 14.9. The monoisotopic (exact) mass is 434 g/mol. The number of nitrogens with zero attached hydrogens (tertiary/aromatic N) is 2. The maximum Gasteiger partial charge on any atom is 0.300 e. The number of rotatable bonds is 4. The van der Waals surface area contributed by atoms with Crippen LogP contribution < -0.4 is 4.90 Å². The van der Waals surface area contributed by atoms with E-state index in [1.807, 2.05) is 0 Å². The number of aliphatic hydroxyl groups is 1. The molecule has 31 heavy (non-hydrogen) atoms. The van der Waals surface area contributed by atoms with Gasteiger partial charge < -0.3 is 5.11 Å². The molecule has 0 unspecified atom stereocenters. The fourth-order valence-electron chi connectivity index (χ4n) is 3.55. The van der Waals surface area contributed by atoms with Crippen LogP contribution in [0.3, 0.4) is 0 Å². The molecule has 1 heterocycles. The lowest BCUT2D eigenvalue weighted by Gasteiger charge is -2.25. The van der Waals surface area contributed by atoms with Crippen molar-refractivity contribution in [2.45, 2.75) is 6.04 Å². The van der Waals surface area contributed by atoms with E-state index >= 15 is 0 Å². The number of hydrogen-bond acceptors (Lipinski definition) is 5.